The van der Waals surface area contributed by atoms with E-state index in [1.165, 1.54) is 0 Å². The fourth-order valence-electron chi connectivity index (χ4n) is 0.982. The molecule has 0 saturated carbocycles. The van der Waals surface area contributed by atoms with Gasteiger partial charge in [-0.05, 0) is 7.05 Å². The summed E-state index contributed by atoms with van der Waals surface area (Å²) in [7, 11) is 1.87. The Balaban J connectivity index is 2.39. The Kier molecular flexibility index (Phi) is 1.49. The van der Waals surface area contributed by atoms with Gasteiger partial charge in [-0.15, -0.1) is 0 Å². The normalized spacial score (nSPS) is 40.9. The molecule has 2 atom stereocenters. The number of likely N-dealkylation sites (tertiary alicyclic amines) is 1. The number of nitrogens with zero attached hydrogens (tertiary/aromatic N) is 1. The fourth-order valence-corrected chi connectivity index (χ4v) is 0.982. The second-order valence-electron chi connectivity index (χ2n) is 2.40. The van der Waals surface area contributed by atoms with Crippen molar-refractivity contribution in [2.24, 2.45) is 5.73 Å². The smallest absolute Gasteiger partial charge is 0.129 e. The van der Waals surface area contributed by atoms with E-state index in [2.05, 4.69) is 0 Å². The van der Waals surface area contributed by atoms with Gasteiger partial charge in [-0.3, -0.25) is 0 Å². The molecule has 1 saturated heterocycles. The third-order valence-corrected chi connectivity index (χ3v) is 1.47. The quantitative estimate of drug-likeness (QED) is 0.469. The second-order valence-corrected chi connectivity index (χ2v) is 2.40. The van der Waals surface area contributed by atoms with Crippen molar-refractivity contribution >= 4 is 0 Å². The molecule has 0 aromatic carbocycles. The Morgan fingerprint density at radius 2 is 2.25 bits per heavy atom. The molecule has 0 amide bonds. The monoisotopic (exact) mass is 118 g/mol. The number of alkyl halides is 1. The SMILES string of the molecule is CN1C[C@@H](N)[C@@H](F)C1. The van der Waals surface area contributed by atoms with Gasteiger partial charge in [0.25, 0.3) is 0 Å². The van der Waals surface area contributed by atoms with Crippen LogP contribution < -0.4 is 5.73 Å². The molecule has 0 aromatic heterocycles. The molecule has 1 aliphatic rings. The summed E-state index contributed by atoms with van der Waals surface area (Å²) in [6.45, 7) is 1.20. The van der Waals surface area contributed by atoms with E-state index in [1.54, 1.807) is 0 Å². The van der Waals surface area contributed by atoms with Crippen molar-refractivity contribution in [1.29, 1.82) is 0 Å². The maximum Gasteiger partial charge on any atom is 0.129 e. The van der Waals surface area contributed by atoms with Crippen molar-refractivity contribution in [2.45, 2.75) is 12.2 Å². The van der Waals surface area contributed by atoms with Gasteiger partial charge in [0.1, 0.15) is 6.17 Å². The average Bonchev–Trinajstić information content (AvgIpc) is 1.85. The Labute approximate surface area is 48.5 Å². The van der Waals surface area contributed by atoms with Gasteiger partial charge in [-0.2, -0.15) is 0 Å². The van der Waals surface area contributed by atoms with Crippen molar-refractivity contribution < 1.29 is 4.39 Å². The van der Waals surface area contributed by atoms with Crippen molar-refractivity contribution in [2.75, 3.05) is 20.1 Å². The van der Waals surface area contributed by atoms with Crippen LogP contribution in [0.2, 0.25) is 0 Å². The lowest BCUT2D eigenvalue weighted by Gasteiger charge is -2.02. The minimum Gasteiger partial charge on any atom is -0.324 e. The molecule has 0 aliphatic carbocycles. The van der Waals surface area contributed by atoms with E-state index in [9.17, 15) is 4.39 Å². The fraction of sp³-hybridized carbons (Fsp3) is 1.00. The molecule has 48 valence electrons. The standard InChI is InChI=1S/C5H11FN2/c1-8-2-4(6)5(7)3-8/h4-5H,2-3,7H2,1H3/t4-,5+/m0/s1. The van der Waals surface area contributed by atoms with E-state index in [4.69, 9.17) is 5.73 Å². The molecule has 0 spiro atoms. The maximum atomic E-state index is 12.4. The van der Waals surface area contributed by atoms with Crippen LogP contribution >= 0.6 is 0 Å². The first-order chi connectivity index (χ1) is 3.70. The Bertz CT molecular complexity index is 76.5. The summed E-state index contributed by atoms with van der Waals surface area (Å²) in [4.78, 5) is 1.90. The zero-order valence-corrected chi connectivity index (χ0v) is 4.97. The lowest BCUT2D eigenvalue weighted by Crippen LogP contribution is -2.29. The van der Waals surface area contributed by atoms with Crippen molar-refractivity contribution in [3.63, 3.8) is 0 Å². The van der Waals surface area contributed by atoms with Gasteiger partial charge in [0.05, 0.1) is 0 Å². The zero-order chi connectivity index (χ0) is 6.15. The van der Waals surface area contributed by atoms with Crippen LogP contribution in [0.4, 0.5) is 4.39 Å². The summed E-state index contributed by atoms with van der Waals surface area (Å²) >= 11 is 0. The van der Waals surface area contributed by atoms with Crippen LogP contribution in [0, 0.1) is 0 Å². The number of halogens is 1. The molecule has 0 bridgehead atoms. The largest absolute Gasteiger partial charge is 0.324 e. The lowest BCUT2D eigenvalue weighted by molar-refractivity contribution is 0.309. The molecule has 0 aromatic rings. The Hall–Kier alpha value is -0.150. The molecule has 1 fully saturated rings. The summed E-state index contributed by atoms with van der Waals surface area (Å²) in [5.74, 6) is 0. The van der Waals surface area contributed by atoms with Gasteiger partial charge in [-0.25, -0.2) is 4.39 Å². The summed E-state index contributed by atoms with van der Waals surface area (Å²) in [5.41, 5.74) is 5.35. The van der Waals surface area contributed by atoms with Crippen LogP contribution in [-0.4, -0.2) is 37.3 Å². The van der Waals surface area contributed by atoms with E-state index in [1.807, 2.05) is 11.9 Å². The molecule has 2 nitrogen and oxygen atoms in total. The molecular formula is C5H11FN2. The van der Waals surface area contributed by atoms with Gasteiger partial charge in [-0.1, -0.05) is 0 Å². The number of rotatable bonds is 0. The minimum atomic E-state index is -0.806. The highest BCUT2D eigenvalue weighted by Crippen LogP contribution is 2.07. The van der Waals surface area contributed by atoms with Crippen LogP contribution in [0.25, 0.3) is 0 Å². The van der Waals surface area contributed by atoms with E-state index in [-0.39, 0.29) is 6.04 Å². The predicted molar refractivity (Wildman–Crippen MR) is 30.4 cm³/mol. The second kappa shape index (κ2) is 1.99. The predicted octanol–water partition coefficient (Wildman–Crippen LogP) is -0.403. The third-order valence-electron chi connectivity index (χ3n) is 1.47. The molecule has 0 unspecified atom stereocenters. The van der Waals surface area contributed by atoms with E-state index < -0.39 is 6.17 Å². The van der Waals surface area contributed by atoms with Crippen LogP contribution in [0.3, 0.4) is 0 Å². The zero-order valence-electron chi connectivity index (χ0n) is 4.97. The lowest BCUT2D eigenvalue weighted by atomic mass is 10.3. The summed E-state index contributed by atoms with van der Waals surface area (Å²) < 4.78 is 12.4. The maximum absolute atomic E-state index is 12.4. The van der Waals surface area contributed by atoms with E-state index in [0.29, 0.717) is 13.1 Å². The Morgan fingerprint density at radius 1 is 1.62 bits per heavy atom. The van der Waals surface area contributed by atoms with Crippen LogP contribution in [0.15, 0.2) is 0 Å². The summed E-state index contributed by atoms with van der Waals surface area (Å²) in [5, 5.41) is 0. The number of hydrogen-bond donors (Lipinski definition) is 1. The minimum absolute atomic E-state index is 0.250. The number of hydrogen-bond acceptors (Lipinski definition) is 2. The highest BCUT2D eigenvalue weighted by atomic mass is 19.1. The molecule has 0 radical (unpaired) electrons. The van der Waals surface area contributed by atoms with Gasteiger partial charge >= 0.3 is 0 Å². The van der Waals surface area contributed by atoms with Gasteiger partial charge in [0.2, 0.25) is 0 Å². The van der Waals surface area contributed by atoms with Gasteiger partial charge in [0.15, 0.2) is 0 Å². The molecule has 1 heterocycles. The van der Waals surface area contributed by atoms with E-state index in [0.717, 1.165) is 0 Å². The topological polar surface area (TPSA) is 29.3 Å². The average molecular weight is 118 g/mol. The van der Waals surface area contributed by atoms with Crippen LogP contribution in [-0.2, 0) is 0 Å². The number of nitrogens with two attached hydrogens (primary N) is 1. The highest BCUT2D eigenvalue weighted by Gasteiger charge is 2.26. The van der Waals surface area contributed by atoms with Crippen molar-refractivity contribution in [3.8, 4) is 0 Å². The highest BCUT2D eigenvalue weighted by molar-refractivity contribution is 4.84. The summed E-state index contributed by atoms with van der Waals surface area (Å²) in [6, 6.07) is -0.250. The molecule has 1 aliphatic heterocycles. The van der Waals surface area contributed by atoms with Gasteiger partial charge < -0.3 is 10.6 Å². The first-order valence-electron chi connectivity index (χ1n) is 2.78. The van der Waals surface area contributed by atoms with Crippen LogP contribution in [0.1, 0.15) is 0 Å². The van der Waals surface area contributed by atoms with Gasteiger partial charge in [0, 0.05) is 19.1 Å². The molecular weight excluding hydrogens is 107 g/mol. The van der Waals surface area contributed by atoms with Crippen molar-refractivity contribution in [1.82, 2.24) is 4.90 Å². The van der Waals surface area contributed by atoms with Crippen LogP contribution in [0.5, 0.6) is 0 Å². The number of likely N-dealkylation sites (N-methyl/N-ethyl adjacent to an activating group) is 1. The van der Waals surface area contributed by atoms with Crippen molar-refractivity contribution in [3.05, 3.63) is 0 Å². The molecule has 1 rings (SSSR count). The Morgan fingerprint density at radius 3 is 2.38 bits per heavy atom. The third kappa shape index (κ3) is 0.980. The first-order valence-corrected chi connectivity index (χ1v) is 2.78. The molecule has 3 heteroatoms. The molecule has 8 heavy (non-hydrogen) atoms. The first kappa shape index (κ1) is 5.98. The van der Waals surface area contributed by atoms with E-state index >= 15 is 0 Å². The summed E-state index contributed by atoms with van der Waals surface area (Å²) in [6.07, 6.45) is -0.806. The molecule has 2 N–H and O–H groups in total.